The summed E-state index contributed by atoms with van der Waals surface area (Å²) in [6.07, 6.45) is 4.05. The van der Waals surface area contributed by atoms with Gasteiger partial charge >= 0.3 is 0 Å². The predicted octanol–water partition coefficient (Wildman–Crippen LogP) is 1.18. The topological polar surface area (TPSA) is 90.8 Å². The second kappa shape index (κ2) is 10.2. The molecule has 0 aliphatic carbocycles. The number of aromatic nitrogens is 2. The van der Waals surface area contributed by atoms with Gasteiger partial charge in [-0.3, -0.25) is 4.99 Å². The molecule has 0 radical (unpaired) electrons. The maximum atomic E-state index is 12.3. The maximum absolute atomic E-state index is 12.3. The largest absolute Gasteiger partial charge is 0.356 e. The molecule has 9 heteroatoms. The van der Waals surface area contributed by atoms with E-state index in [0.717, 1.165) is 43.7 Å². The van der Waals surface area contributed by atoms with Crippen molar-refractivity contribution >= 4 is 21.7 Å². The fourth-order valence-corrected chi connectivity index (χ4v) is 4.73. The van der Waals surface area contributed by atoms with Crippen molar-refractivity contribution in [3.05, 3.63) is 54.4 Å². The number of sulfone groups is 1. The highest BCUT2D eigenvalue weighted by molar-refractivity contribution is 7.90. The number of benzene rings is 1. The molecule has 8 nitrogen and oxygen atoms in total. The van der Waals surface area contributed by atoms with Crippen LogP contribution >= 0.6 is 0 Å². The average molecular weight is 417 g/mol. The third kappa shape index (κ3) is 6.42. The number of guanidine groups is 1. The van der Waals surface area contributed by atoms with Crippen molar-refractivity contribution in [2.45, 2.75) is 12.2 Å². The lowest BCUT2D eigenvalue weighted by molar-refractivity contribution is 0.370. The van der Waals surface area contributed by atoms with Gasteiger partial charge < -0.3 is 15.1 Å². The molecule has 3 rings (SSSR count). The number of anilines is 1. The van der Waals surface area contributed by atoms with E-state index in [1.165, 1.54) is 0 Å². The van der Waals surface area contributed by atoms with Crippen LogP contribution in [0, 0.1) is 0 Å². The van der Waals surface area contributed by atoms with Crippen LogP contribution in [0.15, 0.2) is 53.8 Å². The molecule has 1 aliphatic rings. The molecule has 0 unspecified atom stereocenters. The van der Waals surface area contributed by atoms with Crippen molar-refractivity contribution in [2.75, 3.05) is 50.4 Å². The van der Waals surface area contributed by atoms with Crippen LogP contribution in [0.25, 0.3) is 0 Å². The van der Waals surface area contributed by atoms with Gasteiger partial charge in [0.1, 0.15) is 0 Å². The fraction of sp³-hybridized carbons (Fsp3) is 0.450. The minimum Gasteiger partial charge on any atom is -0.356 e. The summed E-state index contributed by atoms with van der Waals surface area (Å²) in [6, 6.07) is 11.1. The van der Waals surface area contributed by atoms with E-state index in [4.69, 9.17) is 0 Å². The number of nitrogens with one attached hydrogen (secondary N) is 1. The molecule has 156 valence electrons. The lowest BCUT2D eigenvalue weighted by Gasteiger charge is -2.36. The zero-order valence-electron chi connectivity index (χ0n) is 16.7. The van der Waals surface area contributed by atoms with Gasteiger partial charge in [0.2, 0.25) is 5.95 Å². The summed E-state index contributed by atoms with van der Waals surface area (Å²) in [5.41, 5.74) is 0.830. The molecule has 2 heterocycles. The van der Waals surface area contributed by atoms with Gasteiger partial charge in [0.15, 0.2) is 15.8 Å². The number of hydrogen-bond donors (Lipinski definition) is 1. The molecule has 1 aliphatic heterocycles. The van der Waals surface area contributed by atoms with Crippen molar-refractivity contribution in [3.8, 4) is 0 Å². The van der Waals surface area contributed by atoms with Crippen molar-refractivity contribution in [1.29, 1.82) is 0 Å². The van der Waals surface area contributed by atoms with Crippen LogP contribution in [-0.2, 0) is 15.6 Å². The van der Waals surface area contributed by atoms with E-state index in [-0.39, 0.29) is 11.5 Å². The molecular formula is C20H28N6O2S. The van der Waals surface area contributed by atoms with Gasteiger partial charge in [-0.05, 0) is 18.1 Å². The lowest BCUT2D eigenvalue weighted by atomic mass is 10.2. The summed E-state index contributed by atoms with van der Waals surface area (Å²) in [5.74, 6) is 1.80. The first-order chi connectivity index (χ1) is 14.1. The van der Waals surface area contributed by atoms with Crippen molar-refractivity contribution < 1.29 is 8.42 Å². The van der Waals surface area contributed by atoms with E-state index < -0.39 is 9.84 Å². The van der Waals surface area contributed by atoms with Gasteiger partial charge in [0, 0.05) is 52.2 Å². The van der Waals surface area contributed by atoms with E-state index in [2.05, 4.69) is 30.1 Å². The Balaban J connectivity index is 1.41. The number of hydrogen-bond acceptors (Lipinski definition) is 6. The number of nitrogens with zero attached hydrogens (tertiary/aromatic N) is 5. The number of piperazine rings is 1. The Morgan fingerprint density at radius 2 is 1.76 bits per heavy atom. The van der Waals surface area contributed by atoms with Crippen LogP contribution < -0.4 is 10.2 Å². The molecule has 0 atom stereocenters. The molecule has 29 heavy (non-hydrogen) atoms. The van der Waals surface area contributed by atoms with Gasteiger partial charge in [-0.15, -0.1) is 0 Å². The summed E-state index contributed by atoms with van der Waals surface area (Å²) in [4.78, 5) is 17.3. The fourth-order valence-electron chi connectivity index (χ4n) is 3.30. The van der Waals surface area contributed by atoms with Crippen molar-refractivity contribution in [2.24, 2.45) is 4.99 Å². The summed E-state index contributed by atoms with van der Waals surface area (Å²) in [7, 11) is -1.36. The predicted molar refractivity (Wildman–Crippen MR) is 116 cm³/mol. The molecule has 1 aromatic carbocycles. The third-order valence-corrected chi connectivity index (χ3v) is 6.45. The van der Waals surface area contributed by atoms with Gasteiger partial charge in [0.25, 0.3) is 0 Å². The normalized spacial score (nSPS) is 15.4. The summed E-state index contributed by atoms with van der Waals surface area (Å²) in [5, 5.41) is 3.29. The molecule has 0 bridgehead atoms. The van der Waals surface area contributed by atoms with E-state index in [0.29, 0.717) is 13.0 Å². The Hall–Kier alpha value is -2.68. The molecule has 0 saturated carbocycles. The Morgan fingerprint density at radius 3 is 2.41 bits per heavy atom. The third-order valence-electron chi connectivity index (χ3n) is 4.77. The van der Waals surface area contributed by atoms with Crippen LogP contribution in [0.4, 0.5) is 5.95 Å². The van der Waals surface area contributed by atoms with Crippen LogP contribution in [0.3, 0.4) is 0 Å². The zero-order chi connectivity index (χ0) is 20.5. The lowest BCUT2D eigenvalue weighted by Crippen LogP contribution is -2.53. The maximum Gasteiger partial charge on any atom is 0.225 e. The van der Waals surface area contributed by atoms with Gasteiger partial charge in [-0.25, -0.2) is 18.4 Å². The molecule has 0 amide bonds. The average Bonchev–Trinajstić information content (AvgIpc) is 2.75. The second-order valence-corrected chi connectivity index (χ2v) is 9.11. The first kappa shape index (κ1) is 21.0. The van der Waals surface area contributed by atoms with Gasteiger partial charge in [0.05, 0.1) is 11.5 Å². The van der Waals surface area contributed by atoms with E-state index in [1.54, 1.807) is 19.4 Å². The van der Waals surface area contributed by atoms with Crippen LogP contribution in [0.1, 0.15) is 12.0 Å². The Labute approximate surface area is 172 Å². The minimum atomic E-state index is -3.12. The summed E-state index contributed by atoms with van der Waals surface area (Å²) < 4.78 is 24.6. The molecule has 1 aromatic heterocycles. The van der Waals surface area contributed by atoms with E-state index in [9.17, 15) is 8.42 Å². The van der Waals surface area contributed by atoms with E-state index >= 15 is 0 Å². The first-order valence-electron chi connectivity index (χ1n) is 9.79. The van der Waals surface area contributed by atoms with Crippen LogP contribution in [0.5, 0.6) is 0 Å². The molecule has 1 N–H and O–H groups in total. The molecule has 1 fully saturated rings. The monoisotopic (exact) mass is 416 g/mol. The van der Waals surface area contributed by atoms with Gasteiger partial charge in [-0.1, -0.05) is 30.3 Å². The molecule has 1 saturated heterocycles. The molecule has 0 spiro atoms. The summed E-state index contributed by atoms with van der Waals surface area (Å²) >= 11 is 0. The Morgan fingerprint density at radius 1 is 1.07 bits per heavy atom. The minimum absolute atomic E-state index is 0.0894. The van der Waals surface area contributed by atoms with Crippen LogP contribution in [0.2, 0.25) is 0 Å². The smallest absolute Gasteiger partial charge is 0.225 e. The number of rotatable bonds is 7. The SMILES string of the molecule is CN=C(NCCCS(=O)(=O)Cc1ccccc1)N1CCN(c2ncccn2)CC1. The van der Waals surface area contributed by atoms with Crippen molar-refractivity contribution in [1.82, 2.24) is 20.2 Å². The van der Waals surface area contributed by atoms with Crippen molar-refractivity contribution in [3.63, 3.8) is 0 Å². The highest BCUT2D eigenvalue weighted by atomic mass is 32.2. The standard InChI is InChI=1S/C20H28N6O2S/c1-21-19(25-12-14-26(15-13-25)20-23-9-5-10-24-20)22-11-6-16-29(27,28)17-18-7-3-2-4-8-18/h2-5,7-10H,6,11-17H2,1H3,(H,21,22). The van der Waals surface area contributed by atoms with Gasteiger partial charge in [-0.2, -0.15) is 0 Å². The van der Waals surface area contributed by atoms with E-state index in [1.807, 2.05) is 36.4 Å². The Kier molecular flexibility index (Phi) is 7.40. The second-order valence-electron chi connectivity index (χ2n) is 6.93. The zero-order valence-corrected chi connectivity index (χ0v) is 17.6. The highest BCUT2D eigenvalue weighted by Gasteiger charge is 2.21. The quantitative estimate of drug-likeness (QED) is 0.412. The van der Waals surface area contributed by atoms with Crippen LogP contribution in [-0.4, -0.2) is 74.8 Å². The molecule has 2 aromatic rings. The summed E-state index contributed by atoms with van der Waals surface area (Å²) in [6.45, 7) is 3.82. The number of aliphatic imine (C=N–C) groups is 1. The molecular weight excluding hydrogens is 388 g/mol. The highest BCUT2D eigenvalue weighted by Crippen LogP contribution is 2.10. The Bertz CT molecular complexity index is 882. The first-order valence-corrected chi connectivity index (χ1v) is 11.6.